The van der Waals surface area contributed by atoms with Crippen LogP contribution in [0.25, 0.3) is 0 Å². The molecule has 7 nitrogen and oxygen atoms in total. The summed E-state index contributed by atoms with van der Waals surface area (Å²) in [5.41, 5.74) is 1.89. The van der Waals surface area contributed by atoms with E-state index in [-0.39, 0.29) is 17.3 Å². The molecule has 11 heteroatoms. The molecule has 0 aliphatic rings. The number of carbonyl (C=O) groups excluding carboxylic acids is 2. The molecule has 0 aliphatic heterocycles. The fourth-order valence-electron chi connectivity index (χ4n) is 4.23. The van der Waals surface area contributed by atoms with Gasteiger partial charge in [0.2, 0.25) is 11.8 Å². The Hall–Kier alpha value is -2.78. The molecule has 1 N–H and O–H groups in total. The Morgan fingerprint density at radius 2 is 1.56 bits per heavy atom. The first-order valence-electron chi connectivity index (χ1n) is 13.3. The molecular formula is C30H34Cl3N3O4S. The first kappa shape index (κ1) is 32.7. The van der Waals surface area contributed by atoms with Crippen molar-refractivity contribution in [2.24, 2.45) is 0 Å². The summed E-state index contributed by atoms with van der Waals surface area (Å²) in [6.07, 6.45) is 2.01. The highest BCUT2D eigenvalue weighted by Gasteiger charge is 2.33. The number of amides is 2. The van der Waals surface area contributed by atoms with Crippen molar-refractivity contribution < 1.29 is 18.0 Å². The molecule has 0 saturated heterocycles. The van der Waals surface area contributed by atoms with Crippen molar-refractivity contribution in [3.63, 3.8) is 0 Å². The number of carbonyl (C=O) groups is 2. The van der Waals surface area contributed by atoms with Gasteiger partial charge in [0.25, 0.3) is 10.0 Å². The number of hydrogen-bond donors (Lipinski definition) is 1. The number of rotatable bonds is 13. The summed E-state index contributed by atoms with van der Waals surface area (Å²) in [7, 11) is -4.18. The van der Waals surface area contributed by atoms with Crippen LogP contribution in [0.4, 0.5) is 5.69 Å². The van der Waals surface area contributed by atoms with E-state index in [4.69, 9.17) is 34.8 Å². The molecule has 41 heavy (non-hydrogen) atoms. The maximum Gasteiger partial charge on any atom is 0.264 e. The minimum Gasteiger partial charge on any atom is -0.354 e. The largest absolute Gasteiger partial charge is 0.354 e. The molecule has 0 unspecified atom stereocenters. The van der Waals surface area contributed by atoms with E-state index in [2.05, 4.69) is 5.32 Å². The summed E-state index contributed by atoms with van der Waals surface area (Å²) in [6, 6.07) is 16.7. The predicted octanol–water partition coefficient (Wildman–Crippen LogP) is 6.87. The van der Waals surface area contributed by atoms with Crippen LogP contribution in [-0.2, 0) is 26.2 Å². The highest BCUT2D eigenvalue weighted by Crippen LogP contribution is 2.27. The van der Waals surface area contributed by atoms with Crippen molar-refractivity contribution in [3.05, 3.63) is 92.9 Å². The van der Waals surface area contributed by atoms with E-state index in [0.29, 0.717) is 39.3 Å². The minimum atomic E-state index is -4.18. The van der Waals surface area contributed by atoms with Crippen LogP contribution in [0.1, 0.15) is 44.2 Å². The molecule has 0 fully saturated rings. The van der Waals surface area contributed by atoms with Gasteiger partial charge in [-0.05, 0) is 73.9 Å². The molecule has 0 bridgehead atoms. The first-order valence-corrected chi connectivity index (χ1v) is 15.9. The lowest BCUT2D eigenvalue weighted by Crippen LogP contribution is -2.52. The van der Waals surface area contributed by atoms with E-state index in [9.17, 15) is 18.0 Å². The van der Waals surface area contributed by atoms with Gasteiger partial charge < -0.3 is 10.2 Å². The summed E-state index contributed by atoms with van der Waals surface area (Å²) >= 11 is 18.3. The Labute approximate surface area is 257 Å². The van der Waals surface area contributed by atoms with E-state index >= 15 is 0 Å². The Bertz CT molecular complexity index is 1450. The van der Waals surface area contributed by atoms with Gasteiger partial charge >= 0.3 is 0 Å². The van der Waals surface area contributed by atoms with E-state index in [1.54, 1.807) is 49.4 Å². The zero-order valence-electron chi connectivity index (χ0n) is 23.2. The van der Waals surface area contributed by atoms with Crippen LogP contribution in [0.15, 0.2) is 71.6 Å². The molecule has 3 rings (SSSR count). The molecule has 0 aliphatic carbocycles. The molecular weight excluding hydrogens is 605 g/mol. The van der Waals surface area contributed by atoms with Crippen molar-refractivity contribution in [2.75, 3.05) is 17.4 Å². The average Bonchev–Trinajstić information content (AvgIpc) is 2.94. The highest BCUT2D eigenvalue weighted by molar-refractivity contribution is 7.92. The molecule has 3 aromatic carbocycles. The second-order valence-electron chi connectivity index (χ2n) is 9.64. The second-order valence-corrected chi connectivity index (χ2v) is 12.8. The fourth-order valence-corrected chi connectivity index (χ4v) is 6.09. The Balaban J connectivity index is 2.04. The summed E-state index contributed by atoms with van der Waals surface area (Å²) in [5.74, 6) is -0.858. The van der Waals surface area contributed by atoms with E-state index < -0.39 is 28.5 Å². The molecule has 0 radical (unpaired) electrons. The van der Waals surface area contributed by atoms with Crippen molar-refractivity contribution in [2.45, 2.75) is 57.5 Å². The zero-order chi connectivity index (χ0) is 30.2. The van der Waals surface area contributed by atoms with Crippen LogP contribution in [0.5, 0.6) is 0 Å². The normalized spacial score (nSPS) is 12.0. The van der Waals surface area contributed by atoms with E-state index in [0.717, 1.165) is 22.7 Å². The van der Waals surface area contributed by atoms with Crippen molar-refractivity contribution in [1.82, 2.24) is 10.2 Å². The maximum atomic E-state index is 14.1. The van der Waals surface area contributed by atoms with Crippen LogP contribution >= 0.6 is 34.8 Å². The smallest absolute Gasteiger partial charge is 0.264 e. The number of sulfonamides is 1. The lowest BCUT2D eigenvalue weighted by molar-refractivity contribution is -0.140. The molecule has 2 amide bonds. The fraction of sp³-hybridized carbons (Fsp3) is 0.333. The number of hydrogen-bond acceptors (Lipinski definition) is 4. The van der Waals surface area contributed by atoms with E-state index in [1.807, 2.05) is 13.8 Å². The number of unbranched alkanes of at least 4 members (excludes halogenated alkanes) is 1. The topological polar surface area (TPSA) is 86.8 Å². The summed E-state index contributed by atoms with van der Waals surface area (Å²) in [5, 5.41) is 3.96. The van der Waals surface area contributed by atoms with Crippen LogP contribution < -0.4 is 9.62 Å². The SMILES string of the molecule is CCCCNC(=O)[C@H](CC)N(Cc1ccc(Cl)c(Cl)c1)C(=O)CN(c1ccc(C)cc1)S(=O)(=O)c1ccc(Cl)cc1. The first-order chi connectivity index (χ1) is 19.5. The molecule has 0 heterocycles. The summed E-state index contributed by atoms with van der Waals surface area (Å²) < 4.78 is 28.8. The maximum absolute atomic E-state index is 14.1. The standard InChI is InChI=1S/C30H34Cl3N3O4S/c1-4-6-17-34-30(38)28(5-2)35(19-22-9-16-26(32)27(33)18-22)29(37)20-36(24-12-7-21(3)8-13-24)41(39,40)25-14-10-23(31)11-15-25/h7-16,18,28H,4-6,17,19-20H2,1-3H3,(H,34,38)/t28-/m0/s1. The van der Waals surface area contributed by atoms with Gasteiger partial charge in [-0.25, -0.2) is 8.42 Å². The van der Waals surface area contributed by atoms with Crippen molar-refractivity contribution >= 4 is 62.3 Å². The zero-order valence-corrected chi connectivity index (χ0v) is 26.3. The quantitative estimate of drug-likeness (QED) is 0.207. The highest BCUT2D eigenvalue weighted by atomic mass is 35.5. The van der Waals surface area contributed by atoms with Gasteiger partial charge in [-0.3, -0.25) is 13.9 Å². The van der Waals surface area contributed by atoms with Gasteiger partial charge in [0, 0.05) is 18.1 Å². The third kappa shape index (κ3) is 8.61. The third-order valence-electron chi connectivity index (χ3n) is 6.55. The lowest BCUT2D eigenvalue weighted by Gasteiger charge is -2.33. The molecule has 0 spiro atoms. The molecule has 220 valence electrons. The second kappa shape index (κ2) is 14.9. The number of halogens is 3. The number of aryl methyl sites for hydroxylation is 1. The van der Waals surface area contributed by atoms with Crippen molar-refractivity contribution in [1.29, 1.82) is 0 Å². The summed E-state index contributed by atoms with van der Waals surface area (Å²) in [6.45, 7) is 5.67. The number of nitrogens with zero attached hydrogens (tertiary/aromatic N) is 2. The monoisotopic (exact) mass is 637 g/mol. The summed E-state index contributed by atoms with van der Waals surface area (Å²) in [4.78, 5) is 28.7. The molecule has 1 atom stereocenters. The predicted molar refractivity (Wildman–Crippen MR) is 166 cm³/mol. The van der Waals surface area contributed by atoms with Gasteiger partial charge in [-0.1, -0.05) is 78.8 Å². The Morgan fingerprint density at radius 1 is 0.902 bits per heavy atom. The van der Waals surface area contributed by atoms with Crippen LogP contribution in [0, 0.1) is 6.92 Å². The van der Waals surface area contributed by atoms with Gasteiger partial charge in [-0.2, -0.15) is 0 Å². The van der Waals surface area contributed by atoms with E-state index in [1.165, 1.54) is 29.2 Å². The molecule has 0 saturated carbocycles. The minimum absolute atomic E-state index is 0.0179. The van der Waals surface area contributed by atoms with Crippen molar-refractivity contribution in [3.8, 4) is 0 Å². The van der Waals surface area contributed by atoms with Crippen LogP contribution in [0.2, 0.25) is 15.1 Å². The lowest BCUT2D eigenvalue weighted by atomic mass is 10.1. The molecule has 3 aromatic rings. The van der Waals surface area contributed by atoms with Gasteiger partial charge in [0.05, 0.1) is 20.6 Å². The van der Waals surface area contributed by atoms with Crippen LogP contribution in [-0.4, -0.2) is 44.3 Å². The van der Waals surface area contributed by atoms with Gasteiger partial charge in [0.15, 0.2) is 0 Å². The van der Waals surface area contributed by atoms with Crippen LogP contribution in [0.3, 0.4) is 0 Å². The van der Waals surface area contributed by atoms with Gasteiger partial charge in [-0.15, -0.1) is 0 Å². The molecule has 0 aromatic heterocycles. The average molecular weight is 639 g/mol. The Morgan fingerprint density at radius 3 is 2.15 bits per heavy atom. The number of anilines is 1. The Kier molecular flexibility index (Phi) is 11.9. The number of benzene rings is 3. The number of nitrogens with one attached hydrogen (secondary N) is 1. The van der Waals surface area contributed by atoms with Gasteiger partial charge in [0.1, 0.15) is 12.6 Å². The third-order valence-corrected chi connectivity index (χ3v) is 9.33.